The number of likely N-dealkylation sites (N-methyl/N-ethyl adjacent to an activating group) is 1. The van der Waals surface area contributed by atoms with Crippen molar-refractivity contribution in [2.75, 3.05) is 20.1 Å². The summed E-state index contributed by atoms with van der Waals surface area (Å²) in [5, 5.41) is 22.8. The van der Waals surface area contributed by atoms with Gasteiger partial charge in [-0.05, 0) is 73.4 Å². The summed E-state index contributed by atoms with van der Waals surface area (Å²) in [7, 11) is -2.66. The van der Waals surface area contributed by atoms with Gasteiger partial charge in [0.15, 0.2) is 0 Å². The topological polar surface area (TPSA) is 107 Å². The predicted octanol–water partition coefficient (Wildman–Crippen LogP) is 4.58. The summed E-state index contributed by atoms with van der Waals surface area (Å²) < 4.78 is 55.2. The molecule has 0 saturated carbocycles. The Hall–Kier alpha value is -2.89. The van der Waals surface area contributed by atoms with Crippen molar-refractivity contribution in [2.45, 2.75) is 36.8 Å². The number of carbonyl (C=O) groups is 1. The Morgan fingerprint density at radius 2 is 1.74 bits per heavy atom. The third kappa shape index (κ3) is 7.36. The molecule has 0 fully saturated rings. The summed E-state index contributed by atoms with van der Waals surface area (Å²) in [6.45, 7) is 3.64. The number of nitrogens with zero attached hydrogens (tertiary/aromatic N) is 1. The van der Waals surface area contributed by atoms with Gasteiger partial charge in [-0.15, -0.1) is 0 Å². The number of halogens is 3. The van der Waals surface area contributed by atoms with Crippen LogP contribution in [0.2, 0.25) is 5.02 Å². The summed E-state index contributed by atoms with van der Waals surface area (Å²) in [4.78, 5) is 11.0. The van der Waals surface area contributed by atoms with Gasteiger partial charge in [0.25, 0.3) is 0 Å². The number of aromatic carboxylic acids is 1. The van der Waals surface area contributed by atoms with E-state index in [9.17, 15) is 27.1 Å². The van der Waals surface area contributed by atoms with Crippen molar-refractivity contribution in [3.8, 4) is 11.1 Å². The molecule has 0 saturated heterocycles. The second-order valence-corrected chi connectivity index (χ2v) is 12.1. The molecule has 0 bridgehead atoms. The average Bonchev–Trinajstić information content (AvgIpc) is 2.84. The van der Waals surface area contributed by atoms with E-state index in [1.54, 1.807) is 12.1 Å². The number of hydrogen-bond donors (Lipinski definition) is 3. The monoisotopic (exact) mass is 566 g/mol. The highest BCUT2D eigenvalue weighted by atomic mass is 35.5. The van der Waals surface area contributed by atoms with E-state index in [0.29, 0.717) is 17.5 Å². The third-order valence-corrected chi connectivity index (χ3v) is 8.12. The maximum absolute atomic E-state index is 14.1. The number of carboxylic acid groups (broad SMARTS) is 1. The van der Waals surface area contributed by atoms with Crippen LogP contribution in [0.4, 0.5) is 8.78 Å². The molecule has 1 atom stereocenters. The van der Waals surface area contributed by atoms with Crippen molar-refractivity contribution in [1.29, 1.82) is 0 Å². The van der Waals surface area contributed by atoms with Crippen LogP contribution in [-0.2, 0) is 16.4 Å². The molecule has 1 unspecified atom stereocenters. The fourth-order valence-corrected chi connectivity index (χ4v) is 5.33. The van der Waals surface area contributed by atoms with Crippen LogP contribution < -0.4 is 5.32 Å². The van der Waals surface area contributed by atoms with Crippen molar-refractivity contribution < 1.29 is 32.2 Å². The first-order chi connectivity index (χ1) is 17.7. The van der Waals surface area contributed by atoms with Gasteiger partial charge in [-0.2, -0.15) is 4.31 Å². The van der Waals surface area contributed by atoms with Crippen LogP contribution in [-0.4, -0.2) is 60.7 Å². The first-order valence-corrected chi connectivity index (χ1v) is 13.5. The number of hydrogen-bond acceptors (Lipinski definition) is 5. The Morgan fingerprint density at radius 1 is 1.05 bits per heavy atom. The molecular weight excluding hydrogens is 538 g/mol. The zero-order valence-corrected chi connectivity index (χ0v) is 22.7. The molecule has 0 radical (unpaired) electrons. The molecule has 0 amide bonds. The molecule has 0 aliphatic carbocycles. The van der Waals surface area contributed by atoms with E-state index in [1.165, 1.54) is 43.4 Å². The van der Waals surface area contributed by atoms with E-state index in [2.05, 4.69) is 5.32 Å². The highest BCUT2D eigenvalue weighted by molar-refractivity contribution is 7.89. The maximum atomic E-state index is 14.1. The van der Waals surface area contributed by atoms with E-state index >= 15 is 0 Å². The van der Waals surface area contributed by atoms with Gasteiger partial charge in [0, 0.05) is 25.7 Å². The minimum Gasteiger partial charge on any atom is -0.478 e. The smallest absolute Gasteiger partial charge is 0.338 e. The van der Waals surface area contributed by atoms with Crippen LogP contribution >= 0.6 is 11.6 Å². The minimum atomic E-state index is -4.00. The van der Waals surface area contributed by atoms with Crippen molar-refractivity contribution in [2.24, 2.45) is 0 Å². The Morgan fingerprint density at radius 3 is 2.37 bits per heavy atom. The van der Waals surface area contributed by atoms with Gasteiger partial charge in [0.2, 0.25) is 10.0 Å². The molecule has 204 valence electrons. The van der Waals surface area contributed by atoms with E-state index in [1.807, 2.05) is 13.8 Å². The lowest BCUT2D eigenvalue weighted by molar-refractivity contribution is 0.0692. The van der Waals surface area contributed by atoms with Gasteiger partial charge in [-0.3, -0.25) is 0 Å². The highest BCUT2D eigenvalue weighted by Gasteiger charge is 2.25. The zero-order chi connectivity index (χ0) is 28.3. The summed E-state index contributed by atoms with van der Waals surface area (Å²) in [5.74, 6) is -2.85. The Bertz CT molecular complexity index is 1430. The first-order valence-electron chi connectivity index (χ1n) is 11.7. The lowest BCUT2D eigenvalue weighted by atomic mass is 9.94. The number of β-amino-alcohol motifs (C(OH)–C–C–N with tert-alkyl or cyclic N) is 1. The number of benzene rings is 3. The summed E-state index contributed by atoms with van der Waals surface area (Å²) in [6, 6.07) is 13.9. The van der Waals surface area contributed by atoms with Gasteiger partial charge in [-0.25, -0.2) is 22.0 Å². The van der Waals surface area contributed by atoms with Crippen molar-refractivity contribution in [3.63, 3.8) is 0 Å². The minimum absolute atomic E-state index is 0.0352. The summed E-state index contributed by atoms with van der Waals surface area (Å²) >= 11 is 5.73. The molecule has 3 aromatic carbocycles. The quantitative estimate of drug-likeness (QED) is 0.314. The van der Waals surface area contributed by atoms with Gasteiger partial charge in [-0.1, -0.05) is 35.9 Å². The van der Waals surface area contributed by atoms with Crippen LogP contribution in [0, 0.1) is 11.6 Å². The van der Waals surface area contributed by atoms with Crippen LogP contribution in [0.3, 0.4) is 0 Å². The van der Waals surface area contributed by atoms with Gasteiger partial charge in [0.1, 0.15) is 11.6 Å². The normalized spacial score (nSPS) is 13.1. The number of nitrogens with one attached hydrogen (secondary N) is 1. The first kappa shape index (κ1) is 29.7. The average molecular weight is 567 g/mol. The van der Waals surface area contributed by atoms with E-state index in [0.717, 1.165) is 22.0 Å². The molecule has 7 nitrogen and oxygen atoms in total. The Balaban J connectivity index is 1.66. The molecule has 0 aliphatic rings. The van der Waals surface area contributed by atoms with Gasteiger partial charge >= 0.3 is 5.97 Å². The van der Waals surface area contributed by atoms with E-state index < -0.39 is 44.8 Å². The number of aliphatic hydroxyl groups excluding tert-OH is 1. The molecule has 38 heavy (non-hydrogen) atoms. The molecule has 0 aliphatic heterocycles. The maximum Gasteiger partial charge on any atom is 0.338 e. The molecule has 3 rings (SSSR count). The summed E-state index contributed by atoms with van der Waals surface area (Å²) in [6.07, 6.45) is -0.597. The van der Waals surface area contributed by atoms with E-state index in [-0.39, 0.29) is 23.0 Å². The largest absolute Gasteiger partial charge is 0.478 e. The standard InChI is InChI=1S/C27H29ClF2N2O5S/c1-27(2,14-17-7-10-23(28)25(30)11-17)31-15-20(33)16-32(3)38(36,37)21-6-4-5-18(12-21)19-8-9-22(26(34)35)24(29)13-19/h4-13,20,31,33H,14-16H2,1-3H3,(H,34,35). The molecule has 0 spiro atoms. The lowest BCUT2D eigenvalue weighted by Crippen LogP contribution is -2.47. The number of aliphatic hydroxyl groups is 1. The Kier molecular flexibility index (Phi) is 9.27. The summed E-state index contributed by atoms with van der Waals surface area (Å²) in [5.41, 5.74) is 0.412. The molecule has 3 aromatic rings. The number of sulfonamides is 1. The fourth-order valence-electron chi connectivity index (χ4n) is 3.96. The molecule has 0 heterocycles. The van der Waals surface area contributed by atoms with Crippen LogP contribution in [0.5, 0.6) is 0 Å². The highest BCUT2D eigenvalue weighted by Crippen LogP contribution is 2.26. The Labute approximate surface area is 225 Å². The fraction of sp³-hybridized carbons (Fsp3) is 0.296. The van der Waals surface area contributed by atoms with E-state index in [4.69, 9.17) is 16.7 Å². The van der Waals surface area contributed by atoms with Crippen LogP contribution in [0.1, 0.15) is 29.8 Å². The van der Waals surface area contributed by atoms with Crippen molar-refractivity contribution in [3.05, 3.63) is 88.4 Å². The van der Waals surface area contributed by atoms with Gasteiger partial charge in [0.05, 0.1) is 21.6 Å². The second-order valence-electron chi connectivity index (χ2n) is 9.66. The van der Waals surface area contributed by atoms with Crippen molar-refractivity contribution >= 4 is 27.6 Å². The second kappa shape index (κ2) is 11.9. The third-order valence-electron chi connectivity index (χ3n) is 5.99. The van der Waals surface area contributed by atoms with Gasteiger partial charge < -0.3 is 15.5 Å². The molecule has 3 N–H and O–H groups in total. The SMILES string of the molecule is CN(CC(O)CNC(C)(C)Cc1ccc(Cl)c(F)c1)S(=O)(=O)c1cccc(-c2ccc(C(=O)O)c(F)c2)c1. The molecule has 0 aromatic heterocycles. The van der Waals surface area contributed by atoms with Crippen LogP contribution in [0.15, 0.2) is 65.6 Å². The predicted molar refractivity (Wildman–Crippen MR) is 142 cm³/mol. The van der Waals surface area contributed by atoms with Crippen LogP contribution in [0.25, 0.3) is 11.1 Å². The lowest BCUT2D eigenvalue weighted by Gasteiger charge is -2.29. The number of carboxylic acids is 1. The number of rotatable bonds is 11. The zero-order valence-electron chi connectivity index (χ0n) is 21.1. The molecule has 11 heteroatoms. The van der Waals surface area contributed by atoms with Crippen molar-refractivity contribution in [1.82, 2.24) is 9.62 Å². The molecular formula is C27H29ClF2N2O5S.